The molecule has 1 aromatic heterocycles. The Hall–Kier alpha value is -3.55. The van der Waals surface area contributed by atoms with Gasteiger partial charge in [0.15, 0.2) is 0 Å². The van der Waals surface area contributed by atoms with Crippen LogP contribution in [0.5, 0.6) is 0 Å². The van der Waals surface area contributed by atoms with Crippen LogP contribution in [0.15, 0.2) is 77.4 Å². The lowest BCUT2D eigenvalue weighted by molar-refractivity contribution is -0.137. The molecule has 3 rings (SSSR count). The van der Waals surface area contributed by atoms with Gasteiger partial charge in [-0.1, -0.05) is 18.2 Å². The van der Waals surface area contributed by atoms with Crippen molar-refractivity contribution < 1.29 is 27.2 Å². The maximum Gasteiger partial charge on any atom is 0.416 e. The Kier molecular flexibility index (Phi) is 6.01. The topological polar surface area (TPSA) is 62.6 Å². The molecule has 3 aromatic rings. The van der Waals surface area contributed by atoms with Gasteiger partial charge >= 0.3 is 6.18 Å². The van der Waals surface area contributed by atoms with Crippen LogP contribution < -0.4 is 5.32 Å². The van der Waals surface area contributed by atoms with Gasteiger partial charge in [-0.2, -0.15) is 13.2 Å². The number of hydrogen-bond donors (Lipinski definition) is 1. The van der Waals surface area contributed by atoms with Gasteiger partial charge in [0.2, 0.25) is 5.91 Å². The van der Waals surface area contributed by atoms with Gasteiger partial charge in [-0.05, 0) is 48.5 Å². The number of carbonyl (C=O) groups is 2. The number of para-hydroxylation sites is 1. The third kappa shape index (κ3) is 5.47. The molecule has 5 nitrogen and oxygen atoms in total. The number of nitrogens with one attached hydrogen (secondary N) is 1. The summed E-state index contributed by atoms with van der Waals surface area (Å²) in [6.07, 6.45) is -3.06. The van der Waals surface area contributed by atoms with Gasteiger partial charge in [-0.3, -0.25) is 9.59 Å². The largest absolute Gasteiger partial charge is 0.467 e. The smallest absolute Gasteiger partial charge is 0.416 e. The number of anilines is 1. The Balaban J connectivity index is 1.77. The maximum absolute atomic E-state index is 12.8. The van der Waals surface area contributed by atoms with E-state index in [4.69, 9.17) is 4.42 Å². The predicted octanol–water partition coefficient (Wildman–Crippen LogP) is 4.58. The number of furan rings is 1. The first-order chi connectivity index (χ1) is 13.8. The van der Waals surface area contributed by atoms with Crippen molar-refractivity contribution in [1.82, 2.24) is 4.90 Å². The monoisotopic (exact) mass is 402 g/mol. The minimum absolute atomic E-state index is 0.00490. The van der Waals surface area contributed by atoms with Crippen LogP contribution in [0.2, 0.25) is 0 Å². The van der Waals surface area contributed by atoms with E-state index in [1.165, 1.54) is 11.2 Å². The molecule has 8 heteroatoms. The van der Waals surface area contributed by atoms with Crippen molar-refractivity contribution in [3.8, 4) is 0 Å². The molecule has 0 aliphatic rings. The van der Waals surface area contributed by atoms with E-state index in [9.17, 15) is 22.8 Å². The van der Waals surface area contributed by atoms with Crippen LogP contribution in [0.4, 0.5) is 18.9 Å². The summed E-state index contributed by atoms with van der Waals surface area (Å²) in [5, 5.41) is 2.68. The van der Waals surface area contributed by atoms with E-state index >= 15 is 0 Å². The average Bonchev–Trinajstić information content (AvgIpc) is 3.20. The summed E-state index contributed by atoms with van der Waals surface area (Å²) in [4.78, 5) is 26.4. The molecule has 0 unspecified atom stereocenters. The molecule has 0 aliphatic heterocycles. The molecule has 2 aromatic carbocycles. The fourth-order valence-electron chi connectivity index (χ4n) is 2.67. The van der Waals surface area contributed by atoms with E-state index in [0.29, 0.717) is 11.4 Å². The molecule has 0 saturated heterocycles. The highest BCUT2D eigenvalue weighted by molar-refractivity contribution is 5.99. The summed E-state index contributed by atoms with van der Waals surface area (Å²) in [5.74, 6) is -0.584. The summed E-state index contributed by atoms with van der Waals surface area (Å²) >= 11 is 0. The van der Waals surface area contributed by atoms with Gasteiger partial charge in [-0.15, -0.1) is 0 Å². The molecule has 0 saturated carbocycles. The highest BCUT2D eigenvalue weighted by Gasteiger charge is 2.30. The number of halogens is 3. The zero-order valence-electron chi connectivity index (χ0n) is 15.1. The molecule has 1 N–H and O–H groups in total. The number of carbonyl (C=O) groups excluding carboxylic acids is 2. The minimum atomic E-state index is -4.50. The molecular weight excluding hydrogens is 385 g/mol. The summed E-state index contributed by atoms with van der Waals surface area (Å²) in [6, 6.07) is 15.8. The van der Waals surface area contributed by atoms with Crippen LogP contribution in [0.1, 0.15) is 21.7 Å². The van der Waals surface area contributed by atoms with Gasteiger partial charge < -0.3 is 14.6 Å². The number of nitrogens with zero attached hydrogens (tertiary/aromatic N) is 1. The van der Waals surface area contributed by atoms with Crippen molar-refractivity contribution in [2.24, 2.45) is 0 Å². The summed E-state index contributed by atoms with van der Waals surface area (Å²) in [7, 11) is 0. The zero-order chi connectivity index (χ0) is 20.9. The fourth-order valence-corrected chi connectivity index (χ4v) is 2.67. The minimum Gasteiger partial charge on any atom is -0.467 e. The molecule has 0 aliphatic carbocycles. The molecular formula is C21H17F3N2O3. The summed E-state index contributed by atoms with van der Waals surface area (Å²) < 4.78 is 43.5. The predicted molar refractivity (Wildman–Crippen MR) is 100.0 cm³/mol. The number of amides is 2. The van der Waals surface area contributed by atoms with Crippen LogP contribution in [0.3, 0.4) is 0 Å². The van der Waals surface area contributed by atoms with Gasteiger partial charge in [0.1, 0.15) is 12.3 Å². The number of rotatable bonds is 6. The molecule has 2 amide bonds. The molecule has 0 radical (unpaired) electrons. The van der Waals surface area contributed by atoms with Crippen molar-refractivity contribution in [2.75, 3.05) is 11.9 Å². The van der Waals surface area contributed by atoms with E-state index in [-0.39, 0.29) is 18.7 Å². The third-order valence-corrected chi connectivity index (χ3v) is 4.07. The standard InChI is InChI=1S/C21H17F3N2O3/c22-21(23,24)16-10-8-15(9-11-16)20(28)26(13-18-7-4-12-29-18)14-19(27)25-17-5-2-1-3-6-17/h1-12H,13-14H2,(H,25,27). The number of benzene rings is 2. The van der Waals surface area contributed by atoms with Crippen LogP contribution in [0, 0.1) is 0 Å². The Morgan fingerprint density at radius 2 is 1.62 bits per heavy atom. The molecule has 0 atom stereocenters. The molecule has 0 spiro atoms. The second kappa shape index (κ2) is 8.64. The zero-order valence-corrected chi connectivity index (χ0v) is 15.1. The number of alkyl halides is 3. The second-order valence-electron chi connectivity index (χ2n) is 6.23. The van der Waals surface area contributed by atoms with E-state index in [0.717, 1.165) is 24.3 Å². The van der Waals surface area contributed by atoms with Gasteiger partial charge in [-0.25, -0.2) is 0 Å². The van der Waals surface area contributed by atoms with E-state index < -0.39 is 23.6 Å². The van der Waals surface area contributed by atoms with Crippen LogP contribution in [-0.4, -0.2) is 23.3 Å². The Morgan fingerprint density at radius 3 is 2.21 bits per heavy atom. The van der Waals surface area contributed by atoms with Crippen molar-refractivity contribution in [1.29, 1.82) is 0 Å². The SMILES string of the molecule is O=C(CN(Cc1ccco1)C(=O)c1ccc(C(F)(F)F)cc1)Nc1ccccc1. The average molecular weight is 402 g/mol. The Morgan fingerprint density at radius 1 is 0.931 bits per heavy atom. The molecule has 0 bridgehead atoms. The summed E-state index contributed by atoms with van der Waals surface area (Å²) in [6.45, 7) is -0.301. The lowest BCUT2D eigenvalue weighted by Crippen LogP contribution is -2.37. The van der Waals surface area contributed by atoms with Crippen LogP contribution in [-0.2, 0) is 17.5 Å². The van der Waals surface area contributed by atoms with E-state index in [1.807, 2.05) is 0 Å². The van der Waals surface area contributed by atoms with Gasteiger partial charge in [0.05, 0.1) is 18.4 Å². The van der Waals surface area contributed by atoms with Crippen molar-refractivity contribution in [2.45, 2.75) is 12.7 Å². The molecule has 150 valence electrons. The normalized spacial score (nSPS) is 11.1. The first-order valence-corrected chi connectivity index (χ1v) is 8.67. The molecule has 1 heterocycles. The van der Waals surface area contributed by atoms with Crippen molar-refractivity contribution in [3.63, 3.8) is 0 Å². The highest BCUT2D eigenvalue weighted by Crippen LogP contribution is 2.29. The van der Waals surface area contributed by atoms with Crippen molar-refractivity contribution >= 4 is 17.5 Å². The lowest BCUT2D eigenvalue weighted by atomic mass is 10.1. The molecule has 29 heavy (non-hydrogen) atoms. The Bertz CT molecular complexity index is 953. The highest BCUT2D eigenvalue weighted by atomic mass is 19.4. The maximum atomic E-state index is 12.8. The van der Waals surface area contributed by atoms with E-state index in [1.54, 1.807) is 42.5 Å². The Labute approximate surface area is 164 Å². The summed E-state index contributed by atoms with van der Waals surface area (Å²) in [5.41, 5.74) is -0.247. The second-order valence-corrected chi connectivity index (χ2v) is 6.23. The number of hydrogen-bond acceptors (Lipinski definition) is 3. The van der Waals surface area contributed by atoms with Crippen LogP contribution >= 0.6 is 0 Å². The fraction of sp³-hybridized carbons (Fsp3) is 0.143. The first-order valence-electron chi connectivity index (χ1n) is 8.67. The van der Waals surface area contributed by atoms with Crippen LogP contribution in [0.25, 0.3) is 0 Å². The quantitative estimate of drug-likeness (QED) is 0.657. The van der Waals surface area contributed by atoms with Crippen molar-refractivity contribution in [3.05, 3.63) is 89.9 Å². The first kappa shape index (κ1) is 20.2. The third-order valence-electron chi connectivity index (χ3n) is 4.07. The van der Waals surface area contributed by atoms with E-state index in [2.05, 4.69) is 5.32 Å². The van der Waals surface area contributed by atoms with Gasteiger partial charge in [0, 0.05) is 11.3 Å². The molecule has 0 fully saturated rings. The van der Waals surface area contributed by atoms with Gasteiger partial charge in [0.25, 0.3) is 5.91 Å². The lowest BCUT2D eigenvalue weighted by Gasteiger charge is -2.21.